The lowest BCUT2D eigenvalue weighted by atomic mass is 9.80. The molecule has 0 aromatic heterocycles. The molecule has 200 valence electrons. The van der Waals surface area contributed by atoms with Gasteiger partial charge in [-0.15, -0.1) is 0 Å². The van der Waals surface area contributed by atoms with E-state index in [0.717, 1.165) is 31.0 Å². The second kappa shape index (κ2) is 10.1. The predicted molar refractivity (Wildman–Crippen MR) is 135 cm³/mol. The number of phenols is 1. The largest absolute Gasteiger partial charge is 0.504 e. The highest BCUT2D eigenvalue weighted by Gasteiger charge is 2.49. The summed E-state index contributed by atoms with van der Waals surface area (Å²) in [5, 5.41) is 9.90. The predicted octanol–water partition coefficient (Wildman–Crippen LogP) is 4.76. The average molecular weight is 518 g/mol. The maximum atomic E-state index is 13.9. The summed E-state index contributed by atoms with van der Waals surface area (Å²) in [5.74, 6) is 1.34. The lowest BCUT2D eigenvalue weighted by Crippen LogP contribution is -2.54. The Morgan fingerprint density at radius 2 is 1.84 bits per heavy atom. The molecule has 3 aliphatic rings. The van der Waals surface area contributed by atoms with Crippen LogP contribution in [0.15, 0.2) is 42.5 Å². The van der Waals surface area contributed by atoms with Crippen LogP contribution in [0.5, 0.6) is 11.5 Å². The van der Waals surface area contributed by atoms with E-state index in [2.05, 4.69) is 4.90 Å². The zero-order valence-corrected chi connectivity index (χ0v) is 21.1. The Bertz CT molecular complexity index is 1130. The van der Waals surface area contributed by atoms with Gasteiger partial charge in [0.25, 0.3) is 0 Å². The van der Waals surface area contributed by atoms with Gasteiger partial charge in [-0.3, -0.25) is 9.69 Å². The third-order valence-electron chi connectivity index (χ3n) is 8.02. The maximum Gasteiger partial charge on any atom is 0.416 e. The lowest BCUT2D eigenvalue weighted by Gasteiger charge is -2.41. The number of aromatic hydroxyl groups is 1. The molecule has 0 spiro atoms. The summed E-state index contributed by atoms with van der Waals surface area (Å²) in [4.78, 5) is 20.1. The van der Waals surface area contributed by atoms with Gasteiger partial charge in [0.2, 0.25) is 5.91 Å². The van der Waals surface area contributed by atoms with Crippen molar-refractivity contribution in [2.75, 3.05) is 51.3 Å². The Morgan fingerprint density at radius 1 is 1.08 bits per heavy atom. The summed E-state index contributed by atoms with van der Waals surface area (Å²) in [6, 6.07) is 10.8. The minimum Gasteiger partial charge on any atom is -0.504 e. The van der Waals surface area contributed by atoms with Crippen LogP contribution in [0, 0.1) is 11.3 Å². The van der Waals surface area contributed by atoms with E-state index >= 15 is 0 Å². The molecule has 1 atom stereocenters. The standard InChI is InChI=1S/C28H34F3N3O3/c1-37-25-15-21(7-8-24(25)35)18-32-10-9-27(19-32,17-20-5-6-20)26(36)34-13-11-33(12-14-34)23-4-2-3-22(16-23)28(29,30)31/h2-4,7-8,15-16,20,35H,5-6,9-14,17-19H2,1H3. The third-order valence-corrected chi connectivity index (χ3v) is 8.02. The van der Waals surface area contributed by atoms with Crippen molar-refractivity contribution in [3.05, 3.63) is 53.6 Å². The Morgan fingerprint density at radius 3 is 2.51 bits per heavy atom. The number of benzene rings is 2. The maximum absolute atomic E-state index is 13.9. The lowest BCUT2D eigenvalue weighted by molar-refractivity contribution is -0.142. The summed E-state index contributed by atoms with van der Waals surface area (Å²) in [7, 11) is 1.53. The number of methoxy groups -OCH3 is 1. The van der Waals surface area contributed by atoms with Crippen LogP contribution in [0.3, 0.4) is 0 Å². The van der Waals surface area contributed by atoms with Crippen molar-refractivity contribution in [3.63, 3.8) is 0 Å². The quantitative estimate of drug-likeness (QED) is 0.574. The van der Waals surface area contributed by atoms with E-state index < -0.39 is 17.2 Å². The molecular weight excluding hydrogens is 483 g/mol. The molecule has 1 saturated carbocycles. The van der Waals surface area contributed by atoms with Crippen molar-refractivity contribution in [2.24, 2.45) is 11.3 Å². The average Bonchev–Trinajstić information content (AvgIpc) is 3.62. The van der Waals surface area contributed by atoms with E-state index in [1.54, 1.807) is 12.1 Å². The molecule has 2 saturated heterocycles. The number of hydrogen-bond donors (Lipinski definition) is 1. The number of alkyl halides is 3. The van der Waals surface area contributed by atoms with Crippen LogP contribution in [0.1, 0.15) is 36.8 Å². The number of likely N-dealkylation sites (tertiary alicyclic amines) is 1. The molecule has 1 amide bonds. The zero-order valence-electron chi connectivity index (χ0n) is 21.1. The van der Waals surface area contributed by atoms with E-state index in [9.17, 15) is 23.1 Å². The van der Waals surface area contributed by atoms with Gasteiger partial charge in [0.1, 0.15) is 0 Å². The van der Waals surface area contributed by atoms with Crippen LogP contribution in [0.25, 0.3) is 0 Å². The van der Waals surface area contributed by atoms with Crippen LogP contribution < -0.4 is 9.64 Å². The highest BCUT2D eigenvalue weighted by atomic mass is 19.4. The SMILES string of the molecule is COc1cc(CN2CCC(CC3CC3)(C(=O)N3CCN(c4cccc(C(F)(F)F)c4)CC3)C2)ccc1O. The van der Waals surface area contributed by atoms with Gasteiger partial charge in [-0.2, -0.15) is 13.2 Å². The molecule has 0 radical (unpaired) electrons. The summed E-state index contributed by atoms with van der Waals surface area (Å²) < 4.78 is 44.7. The molecular formula is C28H34F3N3O3. The number of amides is 1. The van der Waals surface area contributed by atoms with Gasteiger partial charge in [0.05, 0.1) is 18.1 Å². The number of piperazine rings is 1. The minimum absolute atomic E-state index is 0.107. The molecule has 2 heterocycles. The molecule has 0 bridgehead atoms. The van der Waals surface area contributed by atoms with Gasteiger partial charge in [-0.1, -0.05) is 25.0 Å². The molecule has 1 N–H and O–H groups in total. The second-order valence-corrected chi connectivity index (χ2v) is 10.7. The molecule has 3 fully saturated rings. The third kappa shape index (κ3) is 5.66. The summed E-state index contributed by atoms with van der Waals surface area (Å²) in [6.07, 6.45) is -0.315. The fraction of sp³-hybridized carbons (Fsp3) is 0.536. The fourth-order valence-corrected chi connectivity index (χ4v) is 5.86. The molecule has 9 heteroatoms. The van der Waals surface area contributed by atoms with E-state index in [1.165, 1.54) is 32.1 Å². The zero-order chi connectivity index (χ0) is 26.2. The Labute approximate surface area is 215 Å². The monoisotopic (exact) mass is 517 g/mol. The number of rotatable bonds is 7. The molecule has 1 unspecified atom stereocenters. The van der Waals surface area contributed by atoms with Crippen LogP contribution in [-0.4, -0.2) is 67.2 Å². The Balaban J connectivity index is 1.24. The minimum atomic E-state index is -4.37. The van der Waals surface area contributed by atoms with E-state index in [0.29, 0.717) is 56.6 Å². The highest BCUT2D eigenvalue weighted by molar-refractivity contribution is 5.84. The van der Waals surface area contributed by atoms with E-state index in [1.807, 2.05) is 21.9 Å². The molecule has 2 aliphatic heterocycles. The van der Waals surface area contributed by atoms with Crippen molar-refractivity contribution in [1.29, 1.82) is 0 Å². The topological polar surface area (TPSA) is 56.2 Å². The number of phenolic OH excluding ortho intramolecular Hbond substituents is 1. The molecule has 1 aliphatic carbocycles. The first-order valence-electron chi connectivity index (χ1n) is 13.0. The molecule has 5 rings (SSSR count). The van der Waals surface area contributed by atoms with Crippen LogP contribution in [0.2, 0.25) is 0 Å². The number of anilines is 1. The van der Waals surface area contributed by atoms with Gasteiger partial charge in [0.15, 0.2) is 11.5 Å². The van der Waals surface area contributed by atoms with Crippen molar-refractivity contribution < 1.29 is 27.8 Å². The van der Waals surface area contributed by atoms with Crippen LogP contribution in [0.4, 0.5) is 18.9 Å². The molecule has 2 aromatic rings. The van der Waals surface area contributed by atoms with E-state index in [-0.39, 0.29) is 11.7 Å². The van der Waals surface area contributed by atoms with Crippen LogP contribution in [-0.2, 0) is 17.5 Å². The number of carbonyl (C=O) groups excluding carboxylic acids is 1. The van der Waals surface area contributed by atoms with E-state index in [4.69, 9.17) is 4.74 Å². The summed E-state index contributed by atoms with van der Waals surface area (Å²) in [6.45, 7) is 4.26. The van der Waals surface area contributed by atoms with Crippen molar-refractivity contribution in [2.45, 2.75) is 38.4 Å². The van der Waals surface area contributed by atoms with Gasteiger partial charge in [-0.05, 0) is 61.2 Å². The van der Waals surface area contributed by atoms with Gasteiger partial charge >= 0.3 is 6.18 Å². The molecule has 2 aromatic carbocycles. The Kier molecular flexibility index (Phi) is 7.00. The van der Waals surface area contributed by atoms with Gasteiger partial charge in [0, 0.05) is 45.0 Å². The normalized spacial score (nSPS) is 22.9. The van der Waals surface area contributed by atoms with Gasteiger partial charge in [-0.25, -0.2) is 0 Å². The summed E-state index contributed by atoms with van der Waals surface area (Å²) >= 11 is 0. The first-order chi connectivity index (χ1) is 17.7. The van der Waals surface area contributed by atoms with Crippen LogP contribution >= 0.6 is 0 Å². The number of nitrogens with zero attached hydrogens (tertiary/aromatic N) is 3. The molecule has 37 heavy (non-hydrogen) atoms. The first-order valence-corrected chi connectivity index (χ1v) is 13.0. The Hall–Kier alpha value is -2.94. The number of halogens is 3. The molecule has 6 nitrogen and oxygen atoms in total. The number of carbonyl (C=O) groups is 1. The highest BCUT2D eigenvalue weighted by Crippen LogP contribution is 2.46. The van der Waals surface area contributed by atoms with Gasteiger partial charge < -0.3 is 19.6 Å². The smallest absolute Gasteiger partial charge is 0.416 e. The number of hydrogen-bond acceptors (Lipinski definition) is 5. The number of ether oxygens (including phenoxy) is 1. The van der Waals surface area contributed by atoms with Crippen molar-refractivity contribution in [1.82, 2.24) is 9.80 Å². The fourth-order valence-electron chi connectivity index (χ4n) is 5.86. The summed E-state index contributed by atoms with van der Waals surface area (Å²) in [5.41, 5.74) is 0.509. The second-order valence-electron chi connectivity index (χ2n) is 10.7. The first kappa shape index (κ1) is 25.7. The van der Waals surface area contributed by atoms with Crippen molar-refractivity contribution in [3.8, 4) is 11.5 Å². The van der Waals surface area contributed by atoms with Crippen molar-refractivity contribution >= 4 is 11.6 Å².